The molecule has 0 saturated heterocycles. The molecule has 3 N–H and O–H groups in total. The number of urea groups is 1. The van der Waals surface area contributed by atoms with E-state index in [4.69, 9.17) is 5.11 Å². The molecule has 2 amide bonds. The highest BCUT2D eigenvalue weighted by Crippen LogP contribution is 2.00. The second kappa shape index (κ2) is 8.89. The number of rotatable bonds is 9. The monoisotopic (exact) mass is 283 g/mol. The van der Waals surface area contributed by atoms with Gasteiger partial charge in [-0.1, -0.05) is 25.0 Å². The zero-order valence-electron chi connectivity index (χ0n) is 11.6. The lowest BCUT2D eigenvalue weighted by atomic mass is 10.1. The van der Waals surface area contributed by atoms with Gasteiger partial charge in [-0.25, -0.2) is 9.59 Å². The first-order chi connectivity index (χ1) is 9.63. The summed E-state index contributed by atoms with van der Waals surface area (Å²) in [5.74, 6) is -1.00. The minimum absolute atomic E-state index is 0.443. The van der Waals surface area contributed by atoms with Crippen LogP contribution in [0.4, 0.5) is 4.79 Å². The van der Waals surface area contributed by atoms with Crippen LogP contribution in [0.1, 0.15) is 32.6 Å². The van der Waals surface area contributed by atoms with Crippen molar-refractivity contribution in [2.45, 2.75) is 45.2 Å². The van der Waals surface area contributed by atoms with E-state index in [1.54, 1.807) is 17.1 Å². The van der Waals surface area contributed by atoms with Crippen LogP contribution in [0.5, 0.6) is 0 Å². The van der Waals surface area contributed by atoms with Gasteiger partial charge in [0.05, 0.1) is 6.20 Å². The quantitative estimate of drug-likeness (QED) is 0.575. The molecular weight excluding hydrogens is 262 g/mol. The van der Waals surface area contributed by atoms with E-state index in [1.165, 1.54) is 0 Å². The van der Waals surface area contributed by atoms with Gasteiger partial charge in [0, 0.05) is 19.3 Å². The summed E-state index contributed by atoms with van der Waals surface area (Å²) in [5.41, 5.74) is 0. The smallest absolute Gasteiger partial charge is 0.326 e. The van der Waals surface area contributed by atoms with E-state index < -0.39 is 18.0 Å². The maximum absolute atomic E-state index is 11.6. The second-order valence-electron chi connectivity index (χ2n) is 4.45. The summed E-state index contributed by atoms with van der Waals surface area (Å²) >= 11 is 0. The molecule has 1 unspecified atom stereocenters. The molecule has 1 heterocycles. The molecule has 0 bridgehead atoms. The predicted molar refractivity (Wildman–Crippen MR) is 72.1 cm³/mol. The molecule has 0 saturated carbocycles. The van der Waals surface area contributed by atoms with Crippen molar-refractivity contribution < 1.29 is 14.7 Å². The summed E-state index contributed by atoms with van der Waals surface area (Å²) in [6.07, 6.45) is 6.13. The molecule has 0 aliphatic carbocycles. The molecule has 1 rings (SSSR count). The number of aryl methyl sites for hydroxylation is 1. The fraction of sp³-hybridized carbons (Fsp3) is 0.667. The van der Waals surface area contributed by atoms with Gasteiger partial charge in [-0.05, 0) is 12.8 Å². The SMILES string of the molecule is CCCCC(NC(=O)NCCCn1ccnn1)C(=O)O. The van der Waals surface area contributed by atoms with Gasteiger partial charge in [-0.3, -0.25) is 4.68 Å². The Bertz CT molecular complexity index is 407. The highest BCUT2D eigenvalue weighted by molar-refractivity contribution is 5.82. The van der Waals surface area contributed by atoms with Gasteiger partial charge in [0.2, 0.25) is 0 Å². The van der Waals surface area contributed by atoms with Gasteiger partial charge < -0.3 is 15.7 Å². The molecule has 8 heteroatoms. The summed E-state index contributed by atoms with van der Waals surface area (Å²) in [6.45, 7) is 3.08. The summed E-state index contributed by atoms with van der Waals surface area (Å²) in [5, 5.41) is 21.5. The summed E-state index contributed by atoms with van der Waals surface area (Å²) in [6, 6.07) is -1.28. The average molecular weight is 283 g/mol. The van der Waals surface area contributed by atoms with E-state index in [1.807, 2.05) is 6.92 Å². The zero-order valence-corrected chi connectivity index (χ0v) is 11.6. The maximum Gasteiger partial charge on any atom is 0.326 e. The Kier molecular flexibility index (Phi) is 7.08. The van der Waals surface area contributed by atoms with Gasteiger partial charge in [-0.2, -0.15) is 0 Å². The van der Waals surface area contributed by atoms with Crippen LogP contribution < -0.4 is 10.6 Å². The van der Waals surface area contributed by atoms with E-state index in [2.05, 4.69) is 20.9 Å². The van der Waals surface area contributed by atoms with Gasteiger partial charge >= 0.3 is 12.0 Å². The van der Waals surface area contributed by atoms with Crippen molar-refractivity contribution in [3.05, 3.63) is 12.4 Å². The number of hydrogen-bond acceptors (Lipinski definition) is 4. The molecule has 1 aromatic rings. The Morgan fingerprint density at radius 1 is 1.40 bits per heavy atom. The number of carbonyl (C=O) groups is 2. The van der Waals surface area contributed by atoms with Crippen molar-refractivity contribution in [2.24, 2.45) is 0 Å². The maximum atomic E-state index is 11.6. The third kappa shape index (κ3) is 6.17. The summed E-state index contributed by atoms with van der Waals surface area (Å²) in [7, 11) is 0. The average Bonchev–Trinajstić information content (AvgIpc) is 2.92. The lowest BCUT2D eigenvalue weighted by Gasteiger charge is -2.14. The van der Waals surface area contributed by atoms with E-state index in [0.29, 0.717) is 25.9 Å². The molecule has 0 aliphatic rings. The standard InChI is InChI=1S/C12H21N5O3/c1-2-3-5-10(11(18)19)15-12(20)13-6-4-8-17-9-7-14-16-17/h7,9-10H,2-6,8H2,1H3,(H,18,19)(H2,13,15,20). The minimum atomic E-state index is -1.00. The van der Waals surface area contributed by atoms with Crippen LogP contribution in [-0.4, -0.2) is 44.7 Å². The normalized spacial score (nSPS) is 11.8. The van der Waals surface area contributed by atoms with Gasteiger partial charge in [-0.15, -0.1) is 5.10 Å². The largest absolute Gasteiger partial charge is 0.480 e. The van der Waals surface area contributed by atoms with Crippen molar-refractivity contribution in [1.82, 2.24) is 25.6 Å². The van der Waals surface area contributed by atoms with E-state index in [-0.39, 0.29) is 0 Å². The molecule has 20 heavy (non-hydrogen) atoms. The van der Waals surface area contributed by atoms with Crippen LogP contribution in [0.2, 0.25) is 0 Å². The van der Waals surface area contributed by atoms with Gasteiger partial charge in [0.25, 0.3) is 0 Å². The number of aliphatic carboxylic acids is 1. The minimum Gasteiger partial charge on any atom is -0.480 e. The zero-order chi connectivity index (χ0) is 14.8. The first-order valence-electron chi connectivity index (χ1n) is 6.74. The number of unbranched alkanes of at least 4 members (excludes halogenated alkanes) is 1. The van der Waals surface area contributed by atoms with Crippen molar-refractivity contribution in [1.29, 1.82) is 0 Å². The van der Waals surface area contributed by atoms with Crippen molar-refractivity contribution in [3.63, 3.8) is 0 Å². The number of carboxylic acid groups (broad SMARTS) is 1. The number of aromatic nitrogens is 3. The Morgan fingerprint density at radius 3 is 2.80 bits per heavy atom. The summed E-state index contributed by atoms with van der Waals surface area (Å²) < 4.78 is 1.67. The second-order valence-corrected chi connectivity index (χ2v) is 4.45. The number of hydrogen-bond donors (Lipinski definition) is 3. The topological polar surface area (TPSA) is 109 Å². The third-order valence-corrected chi connectivity index (χ3v) is 2.77. The first kappa shape index (κ1) is 15.9. The highest BCUT2D eigenvalue weighted by Gasteiger charge is 2.18. The predicted octanol–water partition coefficient (Wildman–Crippen LogP) is 0.611. The molecule has 0 aromatic carbocycles. The highest BCUT2D eigenvalue weighted by atomic mass is 16.4. The molecule has 0 fully saturated rings. The van der Waals surface area contributed by atoms with Crippen molar-refractivity contribution in [3.8, 4) is 0 Å². The fourth-order valence-corrected chi connectivity index (χ4v) is 1.67. The number of nitrogens with one attached hydrogen (secondary N) is 2. The van der Waals surface area contributed by atoms with Crippen LogP contribution >= 0.6 is 0 Å². The Hall–Kier alpha value is -2.12. The lowest BCUT2D eigenvalue weighted by molar-refractivity contribution is -0.139. The van der Waals surface area contributed by atoms with E-state index >= 15 is 0 Å². The molecule has 0 spiro atoms. The fourth-order valence-electron chi connectivity index (χ4n) is 1.67. The number of amides is 2. The van der Waals surface area contributed by atoms with Crippen LogP contribution in [0.3, 0.4) is 0 Å². The number of carbonyl (C=O) groups excluding carboxylic acids is 1. The van der Waals surface area contributed by atoms with Gasteiger partial charge in [0.1, 0.15) is 6.04 Å². The Labute approximate surface area is 117 Å². The van der Waals surface area contributed by atoms with E-state index in [9.17, 15) is 9.59 Å². The number of carboxylic acids is 1. The molecule has 1 aromatic heterocycles. The third-order valence-electron chi connectivity index (χ3n) is 2.77. The Morgan fingerprint density at radius 2 is 2.20 bits per heavy atom. The van der Waals surface area contributed by atoms with Crippen molar-refractivity contribution >= 4 is 12.0 Å². The van der Waals surface area contributed by atoms with Crippen LogP contribution in [-0.2, 0) is 11.3 Å². The molecular formula is C12H21N5O3. The van der Waals surface area contributed by atoms with Crippen LogP contribution in [0, 0.1) is 0 Å². The first-order valence-corrected chi connectivity index (χ1v) is 6.74. The number of nitrogens with zero attached hydrogens (tertiary/aromatic N) is 3. The van der Waals surface area contributed by atoms with E-state index in [0.717, 1.165) is 12.8 Å². The van der Waals surface area contributed by atoms with Crippen LogP contribution in [0.25, 0.3) is 0 Å². The Balaban J connectivity index is 2.18. The van der Waals surface area contributed by atoms with Gasteiger partial charge in [0.15, 0.2) is 0 Å². The lowest BCUT2D eigenvalue weighted by Crippen LogP contribution is -2.46. The summed E-state index contributed by atoms with van der Waals surface area (Å²) in [4.78, 5) is 22.5. The molecule has 1 atom stereocenters. The molecule has 0 radical (unpaired) electrons. The van der Waals surface area contributed by atoms with Crippen LogP contribution in [0.15, 0.2) is 12.4 Å². The molecule has 0 aliphatic heterocycles. The van der Waals surface area contributed by atoms with Crippen molar-refractivity contribution in [2.75, 3.05) is 6.54 Å². The molecule has 112 valence electrons. The molecule has 8 nitrogen and oxygen atoms in total.